The fourth-order valence-electron chi connectivity index (χ4n) is 2.19. The minimum Gasteiger partial charge on any atom is -0.399 e. The largest absolute Gasteiger partial charge is 0.399 e. The van der Waals surface area contributed by atoms with Crippen LogP contribution in [0.1, 0.15) is 18.1 Å². The highest BCUT2D eigenvalue weighted by Gasteiger charge is 2.15. The van der Waals surface area contributed by atoms with E-state index in [0.717, 1.165) is 12.2 Å². The van der Waals surface area contributed by atoms with Gasteiger partial charge in [0.05, 0.1) is 0 Å². The van der Waals surface area contributed by atoms with Crippen LogP contribution in [0.3, 0.4) is 0 Å². The van der Waals surface area contributed by atoms with Gasteiger partial charge in [-0.3, -0.25) is 0 Å². The van der Waals surface area contributed by atoms with Crippen LogP contribution in [0.15, 0.2) is 42.1 Å². The first-order valence-electron chi connectivity index (χ1n) is 6.53. The SMILES string of the molecule is Cc1ccc(NCC2C=C(N)C=C[C@@H]2C)cc1C. The van der Waals surface area contributed by atoms with Gasteiger partial charge in [0, 0.05) is 23.8 Å². The summed E-state index contributed by atoms with van der Waals surface area (Å²) in [5.41, 5.74) is 10.6. The van der Waals surface area contributed by atoms with E-state index in [0.29, 0.717) is 11.8 Å². The average Bonchev–Trinajstić information content (AvgIpc) is 2.34. The van der Waals surface area contributed by atoms with E-state index in [1.165, 1.54) is 16.8 Å². The predicted octanol–water partition coefficient (Wildman–Crippen LogP) is 3.38. The molecule has 0 saturated carbocycles. The van der Waals surface area contributed by atoms with Crippen molar-refractivity contribution in [2.45, 2.75) is 20.8 Å². The van der Waals surface area contributed by atoms with Crippen molar-refractivity contribution in [3.05, 3.63) is 53.3 Å². The van der Waals surface area contributed by atoms with Gasteiger partial charge < -0.3 is 11.1 Å². The van der Waals surface area contributed by atoms with Crippen molar-refractivity contribution < 1.29 is 0 Å². The summed E-state index contributed by atoms with van der Waals surface area (Å²) in [5, 5.41) is 3.50. The molecule has 1 aliphatic carbocycles. The quantitative estimate of drug-likeness (QED) is 0.852. The predicted molar refractivity (Wildman–Crippen MR) is 78.5 cm³/mol. The fourth-order valence-corrected chi connectivity index (χ4v) is 2.19. The van der Waals surface area contributed by atoms with Gasteiger partial charge in [-0.15, -0.1) is 0 Å². The lowest BCUT2D eigenvalue weighted by Gasteiger charge is -2.23. The molecule has 0 bridgehead atoms. The molecule has 2 atom stereocenters. The Morgan fingerprint density at radius 1 is 1.22 bits per heavy atom. The van der Waals surface area contributed by atoms with Crippen LogP contribution in [0.2, 0.25) is 0 Å². The van der Waals surface area contributed by atoms with E-state index in [4.69, 9.17) is 5.73 Å². The smallest absolute Gasteiger partial charge is 0.0343 e. The third kappa shape index (κ3) is 2.95. The molecule has 0 saturated heterocycles. The summed E-state index contributed by atoms with van der Waals surface area (Å²) in [6, 6.07) is 6.50. The second kappa shape index (κ2) is 5.30. The lowest BCUT2D eigenvalue weighted by molar-refractivity contribution is 0.525. The van der Waals surface area contributed by atoms with Crippen LogP contribution in [0.4, 0.5) is 5.69 Å². The summed E-state index contributed by atoms with van der Waals surface area (Å²) in [5.74, 6) is 1.01. The molecule has 0 heterocycles. The number of rotatable bonds is 3. The van der Waals surface area contributed by atoms with Gasteiger partial charge in [-0.1, -0.05) is 25.1 Å². The Balaban J connectivity index is 1.99. The molecule has 1 aliphatic rings. The third-order valence-corrected chi connectivity index (χ3v) is 3.72. The molecule has 18 heavy (non-hydrogen) atoms. The highest BCUT2D eigenvalue weighted by molar-refractivity contribution is 5.48. The van der Waals surface area contributed by atoms with Crippen LogP contribution in [-0.4, -0.2) is 6.54 Å². The van der Waals surface area contributed by atoms with Gasteiger partial charge in [-0.2, -0.15) is 0 Å². The summed E-state index contributed by atoms with van der Waals surface area (Å²) in [4.78, 5) is 0. The molecule has 0 radical (unpaired) electrons. The molecule has 0 spiro atoms. The molecule has 0 aliphatic heterocycles. The summed E-state index contributed by atoms with van der Waals surface area (Å²) < 4.78 is 0. The summed E-state index contributed by atoms with van der Waals surface area (Å²) >= 11 is 0. The Morgan fingerprint density at radius 2 is 2.00 bits per heavy atom. The van der Waals surface area contributed by atoms with Gasteiger partial charge >= 0.3 is 0 Å². The van der Waals surface area contributed by atoms with E-state index in [1.807, 2.05) is 6.08 Å². The number of benzene rings is 1. The minimum absolute atomic E-state index is 0.469. The molecule has 3 N–H and O–H groups in total. The van der Waals surface area contributed by atoms with Crippen LogP contribution in [0.5, 0.6) is 0 Å². The van der Waals surface area contributed by atoms with Gasteiger partial charge in [0.25, 0.3) is 0 Å². The fraction of sp³-hybridized carbons (Fsp3) is 0.375. The molecule has 2 heteroatoms. The molecule has 0 fully saturated rings. The maximum atomic E-state index is 5.85. The number of allylic oxidation sites excluding steroid dienone is 2. The first-order valence-corrected chi connectivity index (χ1v) is 6.53. The molecule has 1 aromatic rings. The maximum absolute atomic E-state index is 5.85. The Morgan fingerprint density at radius 3 is 2.72 bits per heavy atom. The van der Waals surface area contributed by atoms with Crippen molar-refractivity contribution in [3.63, 3.8) is 0 Å². The molecule has 2 nitrogen and oxygen atoms in total. The normalized spacial score (nSPS) is 22.7. The second-order valence-corrected chi connectivity index (χ2v) is 5.23. The zero-order valence-electron chi connectivity index (χ0n) is 11.4. The van der Waals surface area contributed by atoms with Crippen LogP contribution in [0.25, 0.3) is 0 Å². The number of nitrogens with one attached hydrogen (secondary N) is 1. The van der Waals surface area contributed by atoms with Gasteiger partial charge in [0.1, 0.15) is 0 Å². The van der Waals surface area contributed by atoms with E-state index < -0.39 is 0 Å². The van der Waals surface area contributed by atoms with Gasteiger partial charge in [-0.25, -0.2) is 0 Å². The number of aryl methyl sites for hydroxylation is 2. The molecule has 1 aromatic carbocycles. The summed E-state index contributed by atoms with van der Waals surface area (Å²) in [6.45, 7) is 7.43. The monoisotopic (exact) mass is 242 g/mol. The molecule has 96 valence electrons. The van der Waals surface area contributed by atoms with Crippen LogP contribution in [0, 0.1) is 25.7 Å². The van der Waals surface area contributed by atoms with Crippen LogP contribution >= 0.6 is 0 Å². The summed E-state index contributed by atoms with van der Waals surface area (Å²) in [6.07, 6.45) is 6.33. The number of hydrogen-bond acceptors (Lipinski definition) is 2. The molecule has 2 rings (SSSR count). The lowest BCUT2D eigenvalue weighted by Crippen LogP contribution is -2.22. The Hall–Kier alpha value is -1.70. The van der Waals surface area contributed by atoms with Crippen molar-refractivity contribution in [2.75, 3.05) is 11.9 Å². The first-order chi connectivity index (χ1) is 8.56. The topological polar surface area (TPSA) is 38.0 Å². The van der Waals surface area contributed by atoms with Crippen molar-refractivity contribution >= 4 is 5.69 Å². The Labute approximate surface area is 110 Å². The van der Waals surface area contributed by atoms with Crippen molar-refractivity contribution in [3.8, 4) is 0 Å². The number of anilines is 1. The zero-order valence-corrected chi connectivity index (χ0v) is 11.4. The number of nitrogens with two attached hydrogens (primary N) is 1. The third-order valence-electron chi connectivity index (χ3n) is 3.72. The van der Waals surface area contributed by atoms with E-state index in [2.05, 4.69) is 56.4 Å². The van der Waals surface area contributed by atoms with E-state index in [9.17, 15) is 0 Å². The highest BCUT2D eigenvalue weighted by Crippen LogP contribution is 2.22. The van der Waals surface area contributed by atoms with Gasteiger partial charge in [-0.05, 0) is 49.1 Å². The van der Waals surface area contributed by atoms with Crippen molar-refractivity contribution in [1.29, 1.82) is 0 Å². The molecular weight excluding hydrogens is 220 g/mol. The van der Waals surface area contributed by atoms with Crippen molar-refractivity contribution in [1.82, 2.24) is 0 Å². The maximum Gasteiger partial charge on any atom is 0.0343 e. The highest BCUT2D eigenvalue weighted by atomic mass is 14.9. The van der Waals surface area contributed by atoms with E-state index >= 15 is 0 Å². The van der Waals surface area contributed by atoms with Crippen molar-refractivity contribution in [2.24, 2.45) is 17.6 Å². The van der Waals surface area contributed by atoms with Gasteiger partial charge in [0.2, 0.25) is 0 Å². The lowest BCUT2D eigenvalue weighted by atomic mass is 9.89. The molecule has 0 amide bonds. The first kappa shape index (κ1) is 12.7. The second-order valence-electron chi connectivity index (χ2n) is 5.23. The van der Waals surface area contributed by atoms with Crippen LogP contribution < -0.4 is 11.1 Å². The Bertz CT molecular complexity index is 486. The Kier molecular flexibility index (Phi) is 3.75. The van der Waals surface area contributed by atoms with E-state index in [1.54, 1.807) is 0 Å². The van der Waals surface area contributed by atoms with E-state index in [-0.39, 0.29) is 0 Å². The molecule has 0 aromatic heterocycles. The molecule has 1 unspecified atom stereocenters. The number of hydrogen-bond donors (Lipinski definition) is 2. The van der Waals surface area contributed by atoms with Crippen LogP contribution in [-0.2, 0) is 0 Å². The zero-order chi connectivity index (χ0) is 13.1. The summed E-state index contributed by atoms with van der Waals surface area (Å²) in [7, 11) is 0. The van der Waals surface area contributed by atoms with Gasteiger partial charge in [0.15, 0.2) is 0 Å². The molecular formula is C16H22N2. The average molecular weight is 242 g/mol. The standard InChI is InChI=1S/C16H22N2/c1-11-5-7-16(8-13(11)3)18-10-14-9-15(17)6-4-12(14)2/h4-9,12,14,18H,10,17H2,1-3H3/t12-,14?/m0/s1. The minimum atomic E-state index is 0.469.